The summed E-state index contributed by atoms with van der Waals surface area (Å²) >= 11 is 6.99. The number of benzene rings is 1. The van der Waals surface area contributed by atoms with Crippen LogP contribution < -0.4 is 15.4 Å². The van der Waals surface area contributed by atoms with Crippen LogP contribution in [-0.4, -0.2) is 48.1 Å². The summed E-state index contributed by atoms with van der Waals surface area (Å²) < 4.78 is 44.9. The van der Waals surface area contributed by atoms with E-state index in [-0.39, 0.29) is 10.2 Å². The molecule has 0 amide bonds. The highest BCUT2D eigenvalue weighted by molar-refractivity contribution is 7.93. The Hall–Kier alpha value is -1.53. The Morgan fingerprint density at radius 1 is 1.28 bits per heavy atom. The van der Waals surface area contributed by atoms with Crippen LogP contribution >= 0.6 is 23.1 Å². The van der Waals surface area contributed by atoms with Gasteiger partial charge in [-0.3, -0.25) is 4.72 Å². The first-order chi connectivity index (χ1) is 13.8. The van der Waals surface area contributed by atoms with Gasteiger partial charge in [0.1, 0.15) is 17.0 Å². The molecule has 0 aliphatic carbocycles. The van der Waals surface area contributed by atoms with Gasteiger partial charge < -0.3 is 15.7 Å². The highest BCUT2D eigenvalue weighted by Gasteiger charge is 2.33. The second-order valence-corrected chi connectivity index (χ2v) is 9.87. The fraction of sp³-hybridized carbons (Fsp3) is 0.529. The summed E-state index contributed by atoms with van der Waals surface area (Å²) in [6, 6.07) is 2.16. The largest absolute Gasteiger partial charge is 0.387 e. The fourth-order valence-corrected chi connectivity index (χ4v) is 5.05. The standard InChI is InChI=1S/C17H23ClFN5O3S2/c18-12-7-15(29(26,27)24-16-22-11-23-28-16)13(19)8-14(12)21-6-4-2-1-3-5-17(25)9-20-10-17/h7-8,11,20-21,25H,1-6,9-10H2,(H,22,23,24). The average molecular weight is 464 g/mol. The van der Waals surface area contributed by atoms with Crippen molar-refractivity contribution in [2.24, 2.45) is 0 Å². The SMILES string of the molecule is O=S(=O)(Nc1ncns1)c1cc(Cl)c(NCCCCCCC2(O)CNC2)cc1F. The lowest BCUT2D eigenvalue weighted by atomic mass is 9.90. The second kappa shape index (κ2) is 9.52. The zero-order chi connectivity index (χ0) is 20.9. The normalized spacial score (nSPS) is 15.7. The van der Waals surface area contributed by atoms with Crippen molar-refractivity contribution in [2.45, 2.75) is 42.6 Å². The van der Waals surface area contributed by atoms with Gasteiger partial charge in [0, 0.05) is 31.2 Å². The van der Waals surface area contributed by atoms with Gasteiger partial charge in [-0.25, -0.2) is 17.8 Å². The second-order valence-electron chi connectivity index (χ2n) is 7.03. The van der Waals surface area contributed by atoms with E-state index in [2.05, 4.69) is 24.7 Å². The van der Waals surface area contributed by atoms with Crippen molar-refractivity contribution in [3.05, 3.63) is 29.3 Å². The summed E-state index contributed by atoms with van der Waals surface area (Å²) in [6.07, 6.45) is 5.78. The van der Waals surface area contributed by atoms with E-state index in [1.807, 2.05) is 0 Å². The minimum atomic E-state index is -4.15. The Balaban J connectivity index is 1.47. The molecule has 29 heavy (non-hydrogen) atoms. The number of hydrogen-bond donors (Lipinski definition) is 4. The van der Waals surface area contributed by atoms with Crippen LogP contribution in [-0.2, 0) is 10.0 Å². The molecular formula is C17H23ClFN5O3S2. The number of nitrogens with one attached hydrogen (secondary N) is 3. The minimum absolute atomic E-state index is 0.0448. The highest BCUT2D eigenvalue weighted by Crippen LogP contribution is 2.29. The van der Waals surface area contributed by atoms with Crippen molar-refractivity contribution >= 4 is 44.0 Å². The van der Waals surface area contributed by atoms with Crippen molar-refractivity contribution in [2.75, 3.05) is 29.7 Å². The molecule has 0 radical (unpaired) electrons. The molecule has 12 heteroatoms. The Morgan fingerprint density at radius 2 is 2.03 bits per heavy atom. The number of hydrogen-bond acceptors (Lipinski definition) is 8. The van der Waals surface area contributed by atoms with Gasteiger partial charge in [0.25, 0.3) is 10.0 Å². The fourth-order valence-electron chi connectivity index (χ4n) is 3.00. The number of halogens is 2. The molecule has 3 rings (SSSR count). The maximum Gasteiger partial charge on any atom is 0.266 e. The van der Waals surface area contributed by atoms with Crippen LogP contribution in [0.15, 0.2) is 23.4 Å². The Labute approximate surface area is 178 Å². The zero-order valence-corrected chi connectivity index (χ0v) is 18.0. The molecule has 4 N–H and O–H groups in total. The van der Waals surface area contributed by atoms with Crippen molar-refractivity contribution in [1.29, 1.82) is 0 Å². The van der Waals surface area contributed by atoms with E-state index < -0.39 is 26.3 Å². The van der Waals surface area contributed by atoms with Crippen LogP contribution in [0.2, 0.25) is 5.02 Å². The predicted molar refractivity (Wildman–Crippen MR) is 112 cm³/mol. The quantitative estimate of drug-likeness (QED) is 0.378. The van der Waals surface area contributed by atoms with E-state index in [4.69, 9.17) is 11.6 Å². The summed E-state index contributed by atoms with van der Waals surface area (Å²) in [5.74, 6) is -0.906. The van der Waals surface area contributed by atoms with Gasteiger partial charge in [-0.05, 0) is 25.0 Å². The zero-order valence-electron chi connectivity index (χ0n) is 15.6. The van der Waals surface area contributed by atoms with Gasteiger partial charge in [0.15, 0.2) is 0 Å². The maximum absolute atomic E-state index is 14.4. The number of anilines is 2. The number of aromatic nitrogens is 2. The number of sulfonamides is 1. The molecule has 1 aromatic heterocycles. The van der Waals surface area contributed by atoms with E-state index >= 15 is 0 Å². The summed E-state index contributed by atoms with van der Waals surface area (Å²) in [5, 5.41) is 16.3. The van der Waals surface area contributed by atoms with E-state index in [0.29, 0.717) is 25.3 Å². The molecule has 1 saturated heterocycles. The monoisotopic (exact) mass is 463 g/mol. The summed E-state index contributed by atoms with van der Waals surface area (Å²) in [5.41, 5.74) is -0.190. The molecule has 0 unspecified atom stereocenters. The van der Waals surface area contributed by atoms with Gasteiger partial charge >= 0.3 is 0 Å². The third kappa shape index (κ3) is 5.98. The molecule has 1 aliphatic heterocycles. The van der Waals surface area contributed by atoms with Crippen LogP contribution in [0.3, 0.4) is 0 Å². The van der Waals surface area contributed by atoms with Crippen LogP contribution in [0.4, 0.5) is 15.2 Å². The van der Waals surface area contributed by atoms with Crippen LogP contribution in [0.25, 0.3) is 0 Å². The average Bonchev–Trinajstić information content (AvgIpc) is 3.13. The van der Waals surface area contributed by atoms with Crippen molar-refractivity contribution in [3.63, 3.8) is 0 Å². The van der Waals surface area contributed by atoms with Crippen LogP contribution in [0.1, 0.15) is 32.1 Å². The van der Waals surface area contributed by atoms with Crippen LogP contribution in [0.5, 0.6) is 0 Å². The number of nitrogens with zero attached hydrogens (tertiary/aromatic N) is 2. The van der Waals surface area contributed by atoms with Gasteiger partial charge in [-0.15, -0.1) is 0 Å². The molecule has 1 aromatic carbocycles. The third-order valence-electron chi connectivity index (χ3n) is 4.69. The Kier molecular flexibility index (Phi) is 7.28. The number of aliphatic hydroxyl groups is 1. The van der Waals surface area contributed by atoms with E-state index in [9.17, 15) is 17.9 Å². The molecule has 1 fully saturated rings. The molecule has 0 spiro atoms. The van der Waals surface area contributed by atoms with Crippen molar-refractivity contribution < 1.29 is 17.9 Å². The summed E-state index contributed by atoms with van der Waals surface area (Å²) in [7, 11) is -4.15. The minimum Gasteiger partial charge on any atom is -0.387 e. The topological polar surface area (TPSA) is 116 Å². The first-order valence-corrected chi connectivity index (χ1v) is 11.9. The number of β-amino-alcohol motifs (C(OH)–C–C–N with tert-alkyl or cyclic N) is 1. The molecular weight excluding hydrogens is 441 g/mol. The first kappa shape index (κ1) is 22.2. The summed E-state index contributed by atoms with van der Waals surface area (Å²) in [4.78, 5) is 3.17. The molecule has 0 saturated carbocycles. The molecule has 8 nitrogen and oxygen atoms in total. The van der Waals surface area contributed by atoms with Gasteiger partial charge in [-0.2, -0.15) is 4.37 Å². The summed E-state index contributed by atoms with van der Waals surface area (Å²) in [6.45, 7) is 1.92. The number of rotatable bonds is 11. The van der Waals surface area contributed by atoms with Crippen molar-refractivity contribution in [1.82, 2.24) is 14.7 Å². The molecule has 0 atom stereocenters. The van der Waals surface area contributed by atoms with Gasteiger partial charge in [0.05, 0.1) is 16.3 Å². The lowest BCUT2D eigenvalue weighted by Crippen LogP contribution is -2.59. The van der Waals surface area contributed by atoms with E-state index in [1.54, 1.807) is 0 Å². The first-order valence-electron chi connectivity index (χ1n) is 9.25. The Bertz CT molecular complexity index is 923. The number of unbranched alkanes of at least 4 members (excludes halogenated alkanes) is 3. The van der Waals surface area contributed by atoms with E-state index in [1.165, 1.54) is 6.33 Å². The molecule has 2 heterocycles. The molecule has 0 bridgehead atoms. The lowest BCUT2D eigenvalue weighted by molar-refractivity contribution is -0.0191. The van der Waals surface area contributed by atoms with E-state index in [0.717, 1.165) is 55.8 Å². The van der Waals surface area contributed by atoms with Gasteiger partial charge in [0.2, 0.25) is 5.13 Å². The highest BCUT2D eigenvalue weighted by atomic mass is 35.5. The molecule has 160 valence electrons. The maximum atomic E-state index is 14.4. The van der Waals surface area contributed by atoms with Crippen LogP contribution in [0, 0.1) is 5.82 Å². The smallest absolute Gasteiger partial charge is 0.266 e. The molecule has 1 aliphatic rings. The van der Waals surface area contributed by atoms with Gasteiger partial charge in [-0.1, -0.05) is 30.9 Å². The molecule has 2 aromatic rings. The van der Waals surface area contributed by atoms with Crippen molar-refractivity contribution in [3.8, 4) is 0 Å². The Morgan fingerprint density at radius 3 is 2.69 bits per heavy atom. The lowest BCUT2D eigenvalue weighted by Gasteiger charge is -2.37. The third-order valence-corrected chi connectivity index (χ3v) is 7.06. The predicted octanol–water partition coefficient (Wildman–Crippen LogP) is 2.83.